The highest BCUT2D eigenvalue weighted by molar-refractivity contribution is 7.14. The third kappa shape index (κ3) is 5.95. The van der Waals surface area contributed by atoms with Crippen LogP contribution in [0.5, 0.6) is 0 Å². The van der Waals surface area contributed by atoms with E-state index in [1.807, 2.05) is 5.38 Å². The van der Waals surface area contributed by atoms with Crippen LogP contribution in [0.25, 0.3) is 11.3 Å². The minimum absolute atomic E-state index is 0.0318. The van der Waals surface area contributed by atoms with Gasteiger partial charge in [-0.15, -0.1) is 11.3 Å². The number of anilines is 1. The summed E-state index contributed by atoms with van der Waals surface area (Å²) in [6.07, 6.45) is 7.49. The molecule has 7 heteroatoms. The first-order chi connectivity index (χ1) is 15.5. The summed E-state index contributed by atoms with van der Waals surface area (Å²) in [7, 11) is 0. The van der Waals surface area contributed by atoms with Gasteiger partial charge >= 0.3 is 0 Å². The number of benzene rings is 1. The highest BCUT2D eigenvalue weighted by atomic mass is 32.1. The Morgan fingerprint density at radius 2 is 1.81 bits per heavy atom. The fourth-order valence-electron chi connectivity index (χ4n) is 4.65. The Balaban J connectivity index is 1.21. The van der Waals surface area contributed by atoms with Crippen LogP contribution in [0, 0.1) is 19.8 Å². The third-order valence-electron chi connectivity index (χ3n) is 6.83. The fourth-order valence-corrected chi connectivity index (χ4v) is 5.38. The number of aromatic nitrogens is 1. The van der Waals surface area contributed by atoms with Gasteiger partial charge in [0.2, 0.25) is 11.8 Å². The first-order valence-electron chi connectivity index (χ1n) is 11.8. The molecule has 2 heterocycles. The van der Waals surface area contributed by atoms with Crippen molar-refractivity contribution in [3.8, 4) is 11.3 Å². The number of piperidine rings is 1. The lowest BCUT2D eigenvalue weighted by molar-refractivity contribution is -0.127. The van der Waals surface area contributed by atoms with Crippen molar-refractivity contribution in [3.63, 3.8) is 0 Å². The van der Waals surface area contributed by atoms with Crippen molar-refractivity contribution in [1.82, 2.24) is 15.2 Å². The molecule has 1 aliphatic heterocycles. The number of aryl methyl sites for hydroxylation is 2. The molecule has 6 nitrogen and oxygen atoms in total. The molecule has 1 saturated heterocycles. The van der Waals surface area contributed by atoms with Crippen LogP contribution >= 0.6 is 11.3 Å². The van der Waals surface area contributed by atoms with Crippen molar-refractivity contribution in [1.29, 1.82) is 0 Å². The summed E-state index contributed by atoms with van der Waals surface area (Å²) in [6.45, 7) is 6.21. The molecule has 2 fully saturated rings. The number of hydrogen-bond acceptors (Lipinski definition) is 5. The number of rotatable bonds is 6. The van der Waals surface area contributed by atoms with Crippen LogP contribution < -0.4 is 10.6 Å². The average molecular weight is 455 g/mol. The largest absolute Gasteiger partial charge is 0.353 e. The first kappa shape index (κ1) is 22.9. The second-order valence-corrected chi connectivity index (χ2v) is 10.1. The minimum Gasteiger partial charge on any atom is -0.353 e. The fraction of sp³-hybridized carbons (Fsp3) is 0.560. The zero-order valence-corrected chi connectivity index (χ0v) is 20.0. The number of carbonyl (C=O) groups is 2. The Labute approximate surface area is 194 Å². The minimum atomic E-state index is -0.0318. The highest BCUT2D eigenvalue weighted by Gasteiger charge is 2.26. The number of hydrogen-bond donors (Lipinski definition) is 2. The Bertz CT molecular complexity index is 943. The summed E-state index contributed by atoms with van der Waals surface area (Å²) in [5.74, 6) is 0.416. The van der Waals surface area contributed by atoms with E-state index in [2.05, 4.69) is 52.6 Å². The van der Waals surface area contributed by atoms with E-state index < -0.39 is 0 Å². The van der Waals surface area contributed by atoms with Gasteiger partial charge in [0.1, 0.15) is 0 Å². The van der Waals surface area contributed by atoms with Gasteiger partial charge in [-0.05, 0) is 56.7 Å². The van der Waals surface area contributed by atoms with Crippen LogP contribution in [-0.2, 0) is 9.59 Å². The maximum Gasteiger partial charge on any atom is 0.240 e. The van der Waals surface area contributed by atoms with Crippen molar-refractivity contribution in [3.05, 3.63) is 34.7 Å². The molecule has 0 radical (unpaired) electrons. The Kier molecular flexibility index (Phi) is 7.58. The number of amides is 2. The molecule has 172 valence electrons. The Hall–Kier alpha value is -2.25. The predicted molar refractivity (Wildman–Crippen MR) is 130 cm³/mol. The molecule has 0 spiro atoms. The van der Waals surface area contributed by atoms with Gasteiger partial charge in [0.25, 0.3) is 0 Å². The summed E-state index contributed by atoms with van der Waals surface area (Å²) in [5.41, 5.74) is 4.46. The summed E-state index contributed by atoms with van der Waals surface area (Å²) < 4.78 is 0. The normalized spacial score (nSPS) is 18.4. The topological polar surface area (TPSA) is 74.3 Å². The molecule has 0 bridgehead atoms. The second kappa shape index (κ2) is 10.6. The zero-order chi connectivity index (χ0) is 22.5. The van der Waals surface area contributed by atoms with Crippen LogP contribution in [0.3, 0.4) is 0 Å². The van der Waals surface area contributed by atoms with Gasteiger partial charge in [-0.25, -0.2) is 4.98 Å². The van der Waals surface area contributed by atoms with E-state index in [-0.39, 0.29) is 23.8 Å². The SMILES string of the molecule is Cc1ccc(-c2csc(NC(=O)CN3CCC(NC(=O)C4CCCCC4)CC3)n2)cc1C. The van der Waals surface area contributed by atoms with Gasteiger partial charge in [0, 0.05) is 36.0 Å². The standard InChI is InChI=1S/C25H34N4O2S/c1-17-8-9-20(14-18(17)2)22-16-32-25(27-22)28-23(30)15-29-12-10-21(11-13-29)26-24(31)19-6-4-3-5-7-19/h8-9,14,16,19,21H,3-7,10-13,15H2,1-2H3,(H,26,31)(H,27,28,30). The van der Waals surface area contributed by atoms with Gasteiger partial charge in [0.05, 0.1) is 12.2 Å². The lowest BCUT2D eigenvalue weighted by Crippen LogP contribution is -2.48. The number of likely N-dealkylation sites (tertiary alicyclic amines) is 1. The monoisotopic (exact) mass is 454 g/mol. The summed E-state index contributed by atoms with van der Waals surface area (Å²) in [6, 6.07) is 6.54. The molecule has 2 N–H and O–H groups in total. The molecule has 2 aromatic rings. The van der Waals surface area contributed by atoms with Crippen LogP contribution in [0.15, 0.2) is 23.6 Å². The van der Waals surface area contributed by atoms with Crippen molar-refractivity contribution >= 4 is 28.3 Å². The van der Waals surface area contributed by atoms with Crippen molar-refractivity contribution < 1.29 is 9.59 Å². The molecule has 1 aliphatic carbocycles. The highest BCUT2D eigenvalue weighted by Crippen LogP contribution is 2.27. The van der Waals surface area contributed by atoms with Crippen LogP contribution in [0.2, 0.25) is 0 Å². The molecule has 4 rings (SSSR count). The third-order valence-corrected chi connectivity index (χ3v) is 7.59. The van der Waals surface area contributed by atoms with Gasteiger partial charge in [-0.3, -0.25) is 14.5 Å². The molecule has 1 saturated carbocycles. The number of carbonyl (C=O) groups excluding carboxylic acids is 2. The van der Waals surface area contributed by atoms with Crippen LogP contribution in [0.1, 0.15) is 56.1 Å². The molecule has 0 atom stereocenters. The van der Waals surface area contributed by atoms with Crippen LogP contribution in [-0.4, -0.2) is 47.4 Å². The lowest BCUT2D eigenvalue weighted by atomic mass is 9.88. The summed E-state index contributed by atoms with van der Waals surface area (Å²) in [4.78, 5) is 31.8. The summed E-state index contributed by atoms with van der Waals surface area (Å²) >= 11 is 1.46. The molecule has 2 aliphatic rings. The van der Waals surface area contributed by atoms with Crippen LogP contribution in [0.4, 0.5) is 5.13 Å². The maximum absolute atomic E-state index is 12.5. The Morgan fingerprint density at radius 3 is 2.53 bits per heavy atom. The molecule has 32 heavy (non-hydrogen) atoms. The van der Waals surface area contributed by atoms with Crippen molar-refractivity contribution in [2.45, 2.75) is 64.8 Å². The molecular weight excluding hydrogens is 420 g/mol. The van der Waals surface area contributed by atoms with E-state index in [0.29, 0.717) is 11.7 Å². The van der Waals surface area contributed by atoms with E-state index >= 15 is 0 Å². The molecule has 2 amide bonds. The lowest BCUT2D eigenvalue weighted by Gasteiger charge is -2.33. The number of thiazole rings is 1. The molecule has 1 aromatic heterocycles. The predicted octanol–water partition coefficient (Wildman–Crippen LogP) is 4.53. The van der Waals surface area contributed by atoms with E-state index in [1.165, 1.54) is 41.7 Å². The smallest absolute Gasteiger partial charge is 0.240 e. The van der Waals surface area contributed by atoms with E-state index in [1.54, 1.807) is 0 Å². The average Bonchev–Trinajstić information content (AvgIpc) is 3.26. The van der Waals surface area contributed by atoms with Gasteiger partial charge in [-0.1, -0.05) is 31.4 Å². The molecule has 0 unspecified atom stereocenters. The Morgan fingerprint density at radius 1 is 1.06 bits per heavy atom. The number of nitrogens with one attached hydrogen (secondary N) is 2. The van der Waals surface area contributed by atoms with Gasteiger partial charge in [0.15, 0.2) is 5.13 Å². The van der Waals surface area contributed by atoms with E-state index in [0.717, 1.165) is 50.0 Å². The summed E-state index contributed by atoms with van der Waals surface area (Å²) in [5, 5.41) is 8.83. The first-order valence-corrected chi connectivity index (χ1v) is 12.7. The second-order valence-electron chi connectivity index (χ2n) is 9.28. The number of nitrogens with zero attached hydrogens (tertiary/aromatic N) is 2. The van der Waals surface area contributed by atoms with Gasteiger partial charge < -0.3 is 10.6 Å². The van der Waals surface area contributed by atoms with Gasteiger partial charge in [-0.2, -0.15) is 0 Å². The molecular formula is C25H34N4O2S. The maximum atomic E-state index is 12.5. The van der Waals surface area contributed by atoms with E-state index in [9.17, 15) is 9.59 Å². The van der Waals surface area contributed by atoms with Crippen molar-refractivity contribution in [2.75, 3.05) is 25.0 Å². The molecule has 1 aromatic carbocycles. The zero-order valence-electron chi connectivity index (χ0n) is 19.2. The quantitative estimate of drug-likeness (QED) is 0.673. The van der Waals surface area contributed by atoms with Crippen molar-refractivity contribution in [2.24, 2.45) is 5.92 Å². The van der Waals surface area contributed by atoms with E-state index in [4.69, 9.17) is 0 Å².